The number of carbonyl (C=O) groups is 1. The van der Waals surface area contributed by atoms with Crippen LogP contribution in [0.25, 0.3) is 10.8 Å². The Balaban J connectivity index is 1.28. The van der Waals surface area contributed by atoms with Crippen LogP contribution in [-0.4, -0.2) is 49.7 Å². The van der Waals surface area contributed by atoms with Crippen molar-refractivity contribution in [3.8, 4) is 5.75 Å². The third-order valence-electron chi connectivity index (χ3n) is 6.28. The van der Waals surface area contributed by atoms with Crippen LogP contribution in [0.15, 0.2) is 61.1 Å². The molecule has 39 heavy (non-hydrogen) atoms. The minimum Gasteiger partial charge on any atom is -0.496 e. The number of hydrogen-bond donors (Lipinski definition) is 2. The molecule has 0 aliphatic heterocycles. The fourth-order valence-electron chi connectivity index (χ4n) is 4.39. The minimum absolute atomic E-state index is 0.0777. The van der Waals surface area contributed by atoms with Gasteiger partial charge in [0.2, 0.25) is 5.82 Å². The number of benzene rings is 2. The zero-order chi connectivity index (χ0) is 27.4. The van der Waals surface area contributed by atoms with Crippen LogP contribution < -0.4 is 15.8 Å². The van der Waals surface area contributed by atoms with E-state index >= 15 is 0 Å². The van der Waals surface area contributed by atoms with E-state index in [1.165, 1.54) is 0 Å². The molecular weight excluding hydrogens is 496 g/mol. The summed E-state index contributed by atoms with van der Waals surface area (Å²) in [5.41, 5.74) is 10.2. The fourth-order valence-corrected chi connectivity index (χ4v) is 4.39. The van der Waals surface area contributed by atoms with Gasteiger partial charge in [0.25, 0.3) is 5.91 Å². The number of anilines is 1. The van der Waals surface area contributed by atoms with Gasteiger partial charge in [-0.25, -0.2) is 14.6 Å². The minimum atomic E-state index is -0.385. The molecule has 0 radical (unpaired) electrons. The maximum Gasteiger partial charge on any atom is 0.291 e. The van der Waals surface area contributed by atoms with Crippen molar-refractivity contribution in [3.63, 3.8) is 0 Å². The van der Waals surface area contributed by atoms with E-state index in [1.807, 2.05) is 54.3 Å². The van der Waals surface area contributed by atoms with Crippen molar-refractivity contribution < 1.29 is 14.3 Å². The lowest BCUT2D eigenvalue weighted by molar-refractivity contribution is 0.0940. The first-order chi connectivity index (χ1) is 18.9. The third-order valence-corrected chi connectivity index (χ3v) is 6.28. The lowest BCUT2D eigenvalue weighted by Crippen LogP contribution is -2.24. The molecule has 11 heteroatoms. The second kappa shape index (κ2) is 11.3. The molecule has 0 aliphatic carbocycles. The van der Waals surface area contributed by atoms with E-state index in [0.29, 0.717) is 30.5 Å². The van der Waals surface area contributed by atoms with Gasteiger partial charge >= 0.3 is 0 Å². The summed E-state index contributed by atoms with van der Waals surface area (Å²) in [6.07, 6.45) is 5.49. The molecule has 2 aromatic carbocycles. The van der Waals surface area contributed by atoms with Gasteiger partial charge in [0.15, 0.2) is 5.82 Å². The molecule has 0 spiro atoms. The number of nitrogens with two attached hydrogens (primary N) is 1. The van der Waals surface area contributed by atoms with Crippen molar-refractivity contribution in [2.24, 2.45) is 0 Å². The van der Waals surface area contributed by atoms with E-state index in [1.54, 1.807) is 25.1 Å². The Morgan fingerprint density at radius 3 is 2.51 bits per heavy atom. The summed E-state index contributed by atoms with van der Waals surface area (Å²) >= 11 is 0. The SMILES string of the molecule is COCc1nc(C(=O)NCc2cc(OC)c3c(N)nccc3c2)nn1Cc1ccc(Cn2cc(C)cn2)cc1. The molecule has 200 valence electrons. The molecule has 3 aromatic heterocycles. The highest BCUT2D eigenvalue weighted by atomic mass is 16.5. The number of carbonyl (C=O) groups excluding carboxylic acids is 1. The van der Waals surface area contributed by atoms with Crippen molar-refractivity contribution in [2.75, 3.05) is 20.0 Å². The average Bonchev–Trinajstić information content (AvgIpc) is 3.53. The number of nitrogen functional groups attached to an aromatic ring is 1. The Morgan fingerprint density at radius 2 is 1.82 bits per heavy atom. The number of aryl methyl sites for hydroxylation is 1. The molecule has 1 amide bonds. The summed E-state index contributed by atoms with van der Waals surface area (Å²) in [5, 5.41) is 13.3. The maximum absolute atomic E-state index is 13.0. The molecule has 0 saturated heterocycles. The Kier molecular flexibility index (Phi) is 7.50. The number of nitrogens with zero attached hydrogens (tertiary/aromatic N) is 6. The average molecular weight is 527 g/mol. The van der Waals surface area contributed by atoms with E-state index in [4.69, 9.17) is 15.2 Å². The van der Waals surface area contributed by atoms with Crippen LogP contribution in [-0.2, 0) is 31.0 Å². The number of amides is 1. The Hall–Kier alpha value is -4.77. The van der Waals surface area contributed by atoms with Crippen molar-refractivity contribution in [1.82, 2.24) is 34.8 Å². The second-order valence-corrected chi connectivity index (χ2v) is 9.25. The summed E-state index contributed by atoms with van der Waals surface area (Å²) in [6, 6.07) is 13.8. The lowest BCUT2D eigenvalue weighted by Gasteiger charge is -2.11. The quantitative estimate of drug-likeness (QED) is 0.283. The largest absolute Gasteiger partial charge is 0.496 e. The van der Waals surface area contributed by atoms with Gasteiger partial charge < -0.3 is 20.5 Å². The number of fused-ring (bicyclic) bond motifs is 1. The molecule has 3 N–H and O–H groups in total. The molecule has 0 atom stereocenters. The Labute approximate surface area is 225 Å². The highest BCUT2D eigenvalue weighted by molar-refractivity contribution is 5.96. The maximum atomic E-state index is 13.0. The normalized spacial score (nSPS) is 11.2. The number of pyridine rings is 1. The number of rotatable bonds is 10. The van der Waals surface area contributed by atoms with Crippen molar-refractivity contribution in [2.45, 2.75) is 33.2 Å². The van der Waals surface area contributed by atoms with Crippen LogP contribution in [0.3, 0.4) is 0 Å². The molecule has 0 fully saturated rings. The summed E-state index contributed by atoms with van der Waals surface area (Å²) in [6.45, 7) is 3.67. The smallest absolute Gasteiger partial charge is 0.291 e. The predicted molar refractivity (Wildman–Crippen MR) is 146 cm³/mol. The van der Waals surface area contributed by atoms with E-state index in [-0.39, 0.29) is 24.9 Å². The fraction of sp³-hybridized carbons (Fsp3) is 0.250. The first kappa shape index (κ1) is 25.9. The Bertz CT molecular complexity index is 1610. The standard InChI is InChI=1S/C28H30N8O3/c1-18-12-32-35(14-18)15-19-4-6-20(7-5-19)16-36-24(17-38-2)33-27(34-36)28(37)31-13-21-10-22-8-9-30-26(29)25(22)23(11-21)39-3/h4-12,14H,13,15-17H2,1-3H3,(H2,29,30)(H,31,37). The zero-order valence-corrected chi connectivity index (χ0v) is 22.1. The Morgan fingerprint density at radius 1 is 1.05 bits per heavy atom. The van der Waals surface area contributed by atoms with Crippen molar-refractivity contribution >= 4 is 22.5 Å². The zero-order valence-electron chi connectivity index (χ0n) is 22.1. The number of methoxy groups -OCH3 is 2. The van der Waals surface area contributed by atoms with Gasteiger partial charge in [0, 0.05) is 26.0 Å². The van der Waals surface area contributed by atoms with Crippen LogP contribution in [0.2, 0.25) is 0 Å². The van der Waals surface area contributed by atoms with E-state index < -0.39 is 0 Å². The van der Waals surface area contributed by atoms with Gasteiger partial charge in [0.05, 0.1) is 31.8 Å². The summed E-state index contributed by atoms with van der Waals surface area (Å²) in [4.78, 5) is 21.5. The van der Waals surface area contributed by atoms with Crippen LogP contribution in [0.4, 0.5) is 5.82 Å². The van der Waals surface area contributed by atoms with Crippen molar-refractivity contribution in [1.29, 1.82) is 0 Å². The van der Waals surface area contributed by atoms with Crippen LogP contribution >= 0.6 is 0 Å². The van der Waals surface area contributed by atoms with Gasteiger partial charge in [-0.2, -0.15) is 5.10 Å². The van der Waals surface area contributed by atoms with Gasteiger partial charge in [-0.05, 0) is 52.8 Å². The lowest BCUT2D eigenvalue weighted by atomic mass is 10.1. The first-order valence-corrected chi connectivity index (χ1v) is 12.4. The first-order valence-electron chi connectivity index (χ1n) is 12.4. The number of hydrogen-bond acceptors (Lipinski definition) is 8. The predicted octanol–water partition coefficient (Wildman–Crippen LogP) is 3.10. The monoisotopic (exact) mass is 526 g/mol. The van der Waals surface area contributed by atoms with Crippen LogP contribution in [0.5, 0.6) is 5.75 Å². The van der Waals surface area contributed by atoms with Gasteiger partial charge in [-0.1, -0.05) is 24.3 Å². The van der Waals surface area contributed by atoms with Crippen LogP contribution in [0, 0.1) is 6.92 Å². The third kappa shape index (κ3) is 5.88. The highest BCUT2D eigenvalue weighted by Gasteiger charge is 2.17. The van der Waals surface area contributed by atoms with Crippen molar-refractivity contribution in [3.05, 3.63) is 95.0 Å². The van der Waals surface area contributed by atoms with Gasteiger partial charge in [-0.15, -0.1) is 5.10 Å². The molecule has 0 unspecified atom stereocenters. The summed E-state index contributed by atoms with van der Waals surface area (Å²) in [5.74, 6) is 1.24. The molecule has 0 bridgehead atoms. The molecule has 0 aliphatic rings. The molecular formula is C28H30N8O3. The van der Waals surface area contributed by atoms with Gasteiger partial charge in [0.1, 0.15) is 18.2 Å². The number of nitrogens with one attached hydrogen (secondary N) is 1. The number of aromatic nitrogens is 6. The topological polar surface area (TPSA) is 135 Å². The molecule has 5 rings (SSSR count). The molecule has 0 saturated carbocycles. The molecule has 5 aromatic rings. The highest BCUT2D eigenvalue weighted by Crippen LogP contribution is 2.30. The number of ether oxygens (including phenoxy) is 2. The molecule has 3 heterocycles. The second-order valence-electron chi connectivity index (χ2n) is 9.25. The summed E-state index contributed by atoms with van der Waals surface area (Å²) < 4.78 is 14.4. The van der Waals surface area contributed by atoms with E-state index in [9.17, 15) is 4.79 Å². The van der Waals surface area contributed by atoms with Crippen LogP contribution in [0.1, 0.15) is 38.7 Å². The van der Waals surface area contributed by atoms with E-state index in [2.05, 4.69) is 37.6 Å². The summed E-state index contributed by atoms with van der Waals surface area (Å²) in [7, 11) is 3.16. The van der Waals surface area contributed by atoms with E-state index in [0.717, 1.165) is 33.0 Å². The molecule has 11 nitrogen and oxygen atoms in total. The van der Waals surface area contributed by atoms with Gasteiger partial charge in [-0.3, -0.25) is 9.48 Å².